The van der Waals surface area contributed by atoms with Gasteiger partial charge in [-0.1, -0.05) is 12.1 Å². The molecule has 0 bridgehead atoms. The van der Waals surface area contributed by atoms with Crippen molar-refractivity contribution in [3.8, 4) is 16.3 Å². The van der Waals surface area contributed by atoms with E-state index in [0.717, 1.165) is 44.8 Å². The Morgan fingerprint density at radius 3 is 2.68 bits per heavy atom. The van der Waals surface area contributed by atoms with Gasteiger partial charge in [0.1, 0.15) is 0 Å². The van der Waals surface area contributed by atoms with Gasteiger partial charge in [0.2, 0.25) is 0 Å². The highest BCUT2D eigenvalue weighted by Crippen LogP contribution is 2.32. The summed E-state index contributed by atoms with van der Waals surface area (Å²) in [4.78, 5) is 5.94. The topological polar surface area (TPSA) is 33.5 Å². The lowest BCUT2D eigenvalue weighted by Crippen LogP contribution is -2.47. The number of aryl methyl sites for hydroxylation is 1. The van der Waals surface area contributed by atoms with Crippen LogP contribution in [-0.2, 0) is 13.5 Å². The number of piperazine rings is 1. The molecule has 1 aliphatic rings. The third-order valence-electron chi connectivity index (χ3n) is 5.33. The van der Waals surface area contributed by atoms with Gasteiger partial charge in [0.15, 0.2) is 11.6 Å². The van der Waals surface area contributed by atoms with Crippen LogP contribution in [0.1, 0.15) is 5.56 Å². The minimum absolute atomic E-state index is 0.305. The number of hydrogen-bond donors (Lipinski definition) is 0. The second-order valence-corrected chi connectivity index (χ2v) is 7.94. The molecule has 7 heteroatoms. The molecule has 0 saturated carbocycles. The zero-order chi connectivity index (χ0) is 19.5. The van der Waals surface area contributed by atoms with Crippen LogP contribution in [0, 0.1) is 5.82 Å². The molecule has 1 fully saturated rings. The van der Waals surface area contributed by atoms with E-state index in [4.69, 9.17) is 4.74 Å². The van der Waals surface area contributed by atoms with Gasteiger partial charge in [-0.05, 0) is 30.0 Å². The molecule has 1 saturated heterocycles. The first-order valence-electron chi connectivity index (χ1n) is 9.52. The van der Waals surface area contributed by atoms with Crippen LogP contribution >= 0.6 is 11.3 Å². The predicted octanol–water partition coefficient (Wildman–Crippen LogP) is 3.66. The molecule has 0 radical (unpaired) electrons. The maximum absolute atomic E-state index is 14.0. The Morgan fingerprint density at radius 1 is 1.14 bits per heavy atom. The van der Waals surface area contributed by atoms with Crippen LogP contribution in [0.25, 0.3) is 10.6 Å². The van der Waals surface area contributed by atoms with E-state index in [2.05, 4.69) is 32.4 Å². The van der Waals surface area contributed by atoms with Gasteiger partial charge >= 0.3 is 0 Å². The van der Waals surface area contributed by atoms with Crippen molar-refractivity contribution in [1.29, 1.82) is 0 Å². The van der Waals surface area contributed by atoms with Crippen molar-refractivity contribution < 1.29 is 9.13 Å². The number of anilines is 1. The van der Waals surface area contributed by atoms with Crippen LogP contribution in [0.4, 0.5) is 10.1 Å². The summed E-state index contributed by atoms with van der Waals surface area (Å²) >= 11 is 1.75. The van der Waals surface area contributed by atoms with E-state index in [1.165, 1.54) is 29.3 Å². The predicted molar refractivity (Wildman–Crippen MR) is 112 cm³/mol. The van der Waals surface area contributed by atoms with Gasteiger partial charge in [-0.2, -0.15) is 5.10 Å². The first kappa shape index (κ1) is 19.0. The summed E-state index contributed by atoms with van der Waals surface area (Å²) in [5, 5.41) is 6.57. The summed E-state index contributed by atoms with van der Waals surface area (Å²) in [5.74, 6) is 0.0343. The molecule has 28 heavy (non-hydrogen) atoms. The fourth-order valence-corrected chi connectivity index (χ4v) is 4.67. The minimum atomic E-state index is -0.305. The Balaban J connectivity index is 1.37. The third-order valence-corrected chi connectivity index (χ3v) is 6.21. The maximum Gasteiger partial charge on any atom is 0.177 e. The van der Waals surface area contributed by atoms with Crippen molar-refractivity contribution in [3.63, 3.8) is 0 Å². The van der Waals surface area contributed by atoms with Crippen LogP contribution in [-0.4, -0.2) is 54.5 Å². The zero-order valence-electron chi connectivity index (χ0n) is 16.3. The standard InChI is InChI=1S/C21H25FN4OS/c1-24-20(19-7-4-14-28-19)16(15-23-24)8-9-25-10-12-26(13-11-25)18-6-3-5-17(22)21(18)27-2/h3-7,14-15H,8-13H2,1-2H3. The molecular formula is C21H25FN4OS. The summed E-state index contributed by atoms with van der Waals surface area (Å²) in [6, 6.07) is 9.35. The molecule has 1 aromatic carbocycles. The number of para-hydroxylation sites is 1. The molecule has 3 aromatic rings. The molecule has 0 aliphatic carbocycles. The zero-order valence-corrected chi connectivity index (χ0v) is 17.1. The van der Waals surface area contributed by atoms with E-state index in [-0.39, 0.29) is 5.82 Å². The lowest BCUT2D eigenvalue weighted by molar-refractivity contribution is 0.260. The van der Waals surface area contributed by atoms with Gasteiger partial charge in [0, 0.05) is 45.3 Å². The Bertz CT molecular complexity index is 917. The van der Waals surface area contributed by atoms with E-state index in [9.17, 15) is 4.39 Å². The lowest BCUT2D eigenvalue weighted by Gasteiger charge is -2.36. The monoisotopic (exact) mass is 400 g/mol. The number of benzene rings is 1. The maximum atomic E-state index is 14.0. The Kier molecular flexibility index (Phi) is 5.64. The molecular weight excluding hydrogens is 375 g/mol. The van der Waals surface area contributed by atoms with Crippen molar-refractivity contribution in [1.82, 2.24) is 14.7 Å². The van der Waals surface area contributed by atoms with Crippen LogP contribution in [0.15, 0.2) is 41.9 Å². The molecule has 1 aliphatic heterocycles. The molecule has 4 rings (SSSR count). The SMILES string of the molecule is COc1c(F)cccc1N1CCN(CCc2cnn(C)c2-c2cccs2)CC1. The summed E-state index contributed by atoms with van der Waals surface area (Å²) in [6.07, 6.45) is 2.97. The number of nitrogens with zero attached hydrogens (tertiary/aromatic N) is 4. The Labute approximate surface area is 169 Å². The van der Waals surface area contributed by atoms with Gasteiger partial charge in [-0.3, -0.25) is 9.58 Å². The summed E-state index contributed by atoms with van der Waals surface area (Å²) in [5.41, 5.74) is 3.35. The Morgan fingerprint density at radius 2 is 1.96 bits per heavy atom. The van der Waals surface area contributed by atoms with E-state index < -0.39 is 0 Å². The first-order chi connectivity index (χ1) is 13.7. The number of thiophene rings is 1. The van der Waals surface area contributed by atoms with Gasteiger partial charge in [-0.15, -0.1) is 11.3 Å². The number of ether oxygens (including phenoxy) is 1. The summed E-state index contributed by atoms with van der Waals surface area (Å²) in [7, 11) is 3.53. The number of aromatic nitrogens is 2. The minimum Gasteiger partial charge on any atom is -0.492 e. The fourth-order valence-electron chi connectivity index (χ4n) is 3.84. The van der Waals surface area contributed by atoms with Crippen LogP contribution in [0.5, 0.6) is 5.75 Å². The van der Waals surface area contributed by atoms with Gasteiger partial charge in [-0.25, -0.2) is 4.39 Å². The molecule has 0 N–H and O–H groups in total. The summed E-state index contributed by atoms with van der Waals surface area (Å²) in [6.45, 7) is 4.63. The van der Waals surface area contributed by atoms with E-state index >= 15 is 0 Å². The molecule has 148 valence electrons. The highest BCUT2D eigenvalue weighted by Gasteiger charge is 2.22. The molecule has 5 nitrogen and oxygen atoms in total. The van der Waals surface area contributed by atoms with Crippen molar-refractivity contribution >= 4 is 17.0 Å². The average molecular weight is 401 g/mol. The molecule has 3 heterocycles. The van der Waals surface area contributed by atoms with Crippen molar-refractivity contribution in [2.75, 3.05) is 44.7 Å². The fraction of sp³-hybridized carbons (Fsp3) is 0.381. The van der Waals surface area contributed by atoms with E-state index in [0.29, 0.717) is 5.75 Å². The molecule has 0 unspecified atom stereocenters. The average Bonchev–Trinajstić information content (AvgIpc) is 3.36. The number of halogens is 1. The second-order valence-electron chi connectivity index (χ2n) is 6.99. The summed E-state index contributed by atoms with van der Waals surface area (Å²) < 4.78 is 21.2. The largest absolute Gasteiger partial charge is 0.492 e. The number of hydrogen-bond acceptors (Lipinski definition) is 5. The van der Waals surface area contributed by atoms with Crippen molar-refractivity contribution in [2.24, 2.45) is 7.05 Å². The van der Waals surface area contributed by atoms with Crippen LogP contribution in [0.3, 0.4) is 0 Å². The molecule has 0 amide bonds. The highest BCUT2D eigenvalue weighted by molar-refractivity contribution is 7.13. The Hall–Kier alpha value is -2.38. The van der Waals surface area contributed by atoms with Crippen molar-refractivity contribution in [3.05, 3.63) is 53.3 Å². The number of rotatable bonds is 6. The molecule has 0 atom stereocenters. The van der Waals surface area contributed by atoms with Gasteiger partial charge in [0.25, 0.3) is 0 Å². The molecule has 0 spiro atoms. The van der Waals surface area contributed by atoms with Gasteiger partial charge < -0.3 is 9.64 Å². The lowest BCUT2D eigenvalue weighted by atomic mass is 10.1. The van der Waals surface area contributed by atoms with Crippen LogP contribution in [0.2, 0.25) is 0 Å². The van der Waals surface area contributed by atoms with Crippen molar-refractivity contribution in [2.45, 2.75) is 6.42 Å². The first-order valence-corrected chi connectivity index (χ1v) is 10.4. The molecule has 2 aromatic heterocycles. The van der Waals surface area contributed by atoms with E-state index in [1.807, 2.05) is 24.0 Å². The normalized spacial score (nSPS) is 15.2. The quantitative estimate of drug-likeness (QED) is 0.632. The number of methoxy groups -OCH3 is 1. The highest BCUT2D eigenvalue weighted by atomic mass is 32.1. The van der Waals surface area contributed by atoms with Gasteiger partial charge in [0.05, 0.1) is 29.6 Å². The van der Waals surface area contributed by atoms with E-state index in [1.54, 1.807) is 17.4 Å². The second kappa shape index (κ2) is 8.32. The van der Waals surface area contributed by atoms with Crippen LogP contribution < -0.4 is 9.64 Å². The smallest absolute Gasteiger partial charge is 0.177 e. The third kappa shape index (κ3) is 3.77.